The number of fused-ring (bicyclic) bond motifs is 3. The van der Waals surface area contributed by atoms with E-state index in [-0.39, 0.29) is 24.1 Å². The lowest BCUT2D eigenvalue weighted by Gasteiger charge is -2.14. The Balaban J connectivity index is 1.63. The minimum Gasteiger partial charge on any atom is -0.352 e. The molecule has 5 nitrogen and oxygen atoms in total. The van der Waals surface area contributed by atoms with Crippen molar-refractivity contribution in [2.45, 2.75) is 77.8 Å². The summed E-state index contributed by atoms with van der Waals surface area (Å²) in [4.78, 5) is 31.6. The van der Waals surface area contributed by atoms with Crippen LogP contribution in [0.2, 0.25) is 0 Å². The maximum Gasteiger partial charge on any atom is 0.262 e. The molecule has 1 atom stereocenters. The molecule has 6 heteroatoms. The van der Waals surface area contributed by atoms with Crippen LogP contribution in [-0.4, -0.2) is 21.5 Å². The normalized spacial score (nSPS) is 14.6. The van der Waals surface area contributed by atoms with E-state index >= 15 is 0 Å². The highest BCUT2D eigenvalue weighted by Gasteiger charge is 2.21. The molecule has 1 amide bonds. The van der Waals surface area contributed by atoms with Crippen molar-refractivity contribution in [1.29, 1.82) is 0 Å². The molecule has 3 rings (SSSR count). The predicted octanol–water partition coefficient (Wildman–Crippen LogP) is 3.42. The number of aromatic nitrogens is 2. The maximum atomic E-state index is 12.8. The molecule has 25 heavy (non-hydrogen) atoms. The van der Waals surface area contributed by atoms with E-state index in [2.05, 4.69) is 17.2 Å². The minimum atomic E-state index is -0.113. The number of hydrogen-bond acceptors (Lipinski definition) is 4. The molecule has 0 saturated carbocycles. The lowest BCUT2D eigenvalue weighted by Crippen LogP contribution is -2.37. The fraction of sp³-hybridized carbons (Fsp3) is 0.632. The average Bonchev–Trinajstić information content (AvgIpc) is 3.15. The summed E-state index contributed by atoms with van der Waals surface area (Å²) in [5, 5.41) is 3.74. The SMILES string of the molecule is CCCCCC[C@H](C)NC(=O)Cn1cnc2sc3c(c2c1=O)CCC3. The summed E-state index contributed by atoms with van der Waals surface area (Å²) in [5.74, 6) is -0.113. The van der Waals surface area contributed by atoms with Gasteiger partial charge in [-0.15, -0.1) is 11.3 Å². The topological polar surface area (TPSA) is 64.0 Å². The van der Waals surface area contributed by atoms with Gasteiger partial charge >= 0.3 is 0 Å². The van der Waals surface area contributed by atoms with E-state index in [1.807, 2.05) is 6.92 Å². The summed E-state index contributed by atoms with van der Waals surface area (Å²) in [6, 6.07) is 0.141. The van der Waals surface area contributed by atoms with Crippen LogP contribution in [-0.2, 0) is 24.2 Å². The van der Waals surface area contributed by atoms with Gasteiger partial charge in [0.05, 0.1) is 11.7 Å². The predicted molar refractivity (Wildman–Crippen MR) is 102 cm³/mol. The monoisotopic (exact) mass is 361 g/mol. The highest BCUT2D eigenvalue weighted by atomic mass is 32.1. The Morgan fingerprint density at radius 3 is 3.00 bits per heavy atom. The molecule has 2 aromatic heterocycles. The zero-order valence-electron chi connectivity index (χ0n) is 15.1. The third-order valence-electron chi connectivity index (χ3n) is 4.90. The Morgan fingerprint density at radius 2 is 2.20 bits per heavy atom. The standard InChI is InChI=1S/C19H27N3O2S/c1-3-4-5-6-8-13(2)21-16(23)11-22-12-20-18-17(19(22)24)14-9-7-10-15(14)25-18/h12-13H,3-11H2,1-2H3,(H,21,23)/t13-/m0/s1. The van der Waals surface area contributed by atoms with Gasteiger partial charge in [0.2, 0.25) is 5.91 Å². The zero-order chi connectivity index (χ0) is 17.8. The van der Waals surface area contributed by atoms with Crippen LogP contribution in [0.4, 0.5) is 0 Å². The van der Waals surface area contributed by atoms with Gasteiger partial charge in [-0.2, -0.15) is 0 Å². The van der Waals surface area contributed by atoms with Gasteiger partial charge in [-0.25, -0.2) is 4.98 Å². The number of hydrogen-bond donors (Lipinski definition) is 1. The van der Waals surface area contributed by atoms with Crippen LogP contribution in [0, 0.1) is 0 Å². The fourth-order valence-electron chi connectivity index (χ4n) is 3.56. The van der Waals surface area contributed by atoms with Crippen molar-refractivity contribution >= 4 is 27.5 Å². The Hall–Kier alpha value is -1.69. The number of rotatable bonds is 8. The third-order valence-corrected chi connectivity index (χ3v) is 6.10. The second-order valence-corrected chi connectivity index (χ2v) is 8.12. The number of amides is 1. The number of unbranched alkanes of at least 4 members (excludes halogenated alkanes) is 3. The van der Waals surface area contributed by atoms with Crippen LogP contribution in [0.15, 0.2) is 11.1 Å². The van der Waals surface area contributed by atoms with Crippen LogP contribution >= 0.6 is 11.3 Å². The zero-order valence-corrected chi connectivity index (χ0v) is 16.0. The first-order valence-corrected chi connectivity index (χ1v) is 10.2. The fourth-order valence-corrected chi connectivity index (χ4v) is 4.78. The van der Waals surface area contributed by atoms with Crippen molar-refractivity contribution in [2.75, 3.05) is 0 Å². The summed E-state index contributed by atoms with van der Waals surface area (Å²) in [7, 11) is 0. The van der Waals surface area contributed by atoms with Gasteiger partial charge < -0.3 is 5.32 Å². The minimum absolute atomic E-state index is 0.0473. The summed E-state index contributed by atoms with van der Waals surface area (Å²) < 4.78 is 1.45. The number of carbonyl (C=O) groups is 1. The van der Waals surface area contributed by atoms with Crippen molar-refractivity contribution in [2.24, 2.45) is 0 Å². The number of thiophene rings is 1. The maximum absolute atomic E-state index is 12.8. The van der Waals surface area contributed by atoms with E-state index in [0.29, 0.717) is 0 Å². The van der Waals surface area contributed by atoms with E-state index in [0.717, 1.165) is 47.9 Å². The molecule has 1 aliphatic rings. The molecule has 0 spiro atoms. The van der Waals surface area contributed by atoms with E-state index in [1.165, 1.54) is 35.0 Å². The molecule has 136 valence electrons. The first kappa shape index (κ1) is 18.1. The molecular weight excluding hydrogens is 334 g/mol. The Bertz CT molecular complexity index is 809. The average molecular weight is 362 g/mol. The van der Waals surface area contributed by atoms with Crippen molar-refractivity contribution in [3.63, 3.8) is 0 Å². The van der Waals surface area contributed by atoms with Crippen molar-refractivity contribution in [3.05, 3.63) is 27.1 Å². The van der Waals surface area contributed by atoms with Crippen LogP contribution < -0.4 is 10.9 Å². The number of nitrogens with one attached hydrogen (secondary N) is 1. The van der Waals surface area contributed by atoms with Crippen LogP contribution in [0.25, 0.3) is 10.2 Å². The molecule has 0 unspecified atom stereocenters. The second-order valence-electron chi connectivity index (χ2n) is 7.03. The van der Waals surface area contributed by atoms with Gasteiger partial charge in [0, 0.05) is 10.9 Å². The van der Waals surface area contributed by atoms with Gasteiger partial charge in [-0.1, -0.05) is 32.6 Å². The van der Waals surface area contributed by atoms with Gasteiger partial charge in [0.1, 0.15) is 11.4 Å². The smallest absolute Gasteiger partial charge is 0.262 e. The Labute approximate surface area is 152 Å². The number of carbonyl (C=O) groups excluding carboxylic acids is 1. The van der Waals surface area contributed by atoms with Gasteiger partial charge in [-0.05, 0) is 38.2 Å². The molecule has 0 aliphatic heterocycles. The summed E-state index contributed by atoms with van der Waals surface area (Å²) in [5.41, 5.74) is 1.09. The largest absolute Gasteiger partial charge is 0.352 e. The molecule has 2 heterocycles. The van der Waals surface area contributed by atoms with E-state index in [1.54, 1.807) is 11.3 Å². The third kappa shape index (κ3) is 4.11. The van der Waals surface area contributed by atoms with Gasteiger partial charge in [0.15, 0.2) is 0 Å². The van der Waals surface area contributed by atoms with E-state index in [4.69, 9.17) is 0 Å². The molecule has 0 radical (unpaired) electrons. The molecule has 0 saturated heterocycles. The number of nitrogens with zero attached hydrogens (tertiary/aromatic N) is 2. The van der Waals surface area contributed by atoms with Crippen molar-refractivity contribution < 1.29 is 4.79 Å². The van der Waals surface area contributed by atoms with Crippen LogP contribution in [0.5, 0.6) is 0 Å². The number of aryl methyl sites for hydroxylation is 2. The van der Waals surface area contributed by atoms with Gasteiger partial charge in [0.25, 0.3) is 5.56 Å². The van der Waals surface area contributed by atoms with Gasteiger partial charge in [-0.3, -0.25) is 14.2 Å². The summed E-state index contributed by atoms with van der Waals surface area (Å²) in [6.07, 6.45) is 10.4. The Morgan fingerprint density at radius 1 is 1.36 bits per heavy atom. The van der Waals surface area contributed by atoms with E-state index in [9.17, 15) is 9.59 Å². The van der Waals surface area contributed by atoms with Crippen LogP contribution in [0.3, 0.4) is 0 Å². The molecular formula is C19H27N3O2S. The molecule has 2 aromatic rings. The second kappa shape index (κ2) is 8.13. The Kier molecular flexibility index (Phi) is 5.89. The molecule has 0 fully saturated rings. The van der Waals surface area contributed by atoms with E-state index < -0.39 is 0 Å². The molecule has 0 aromatic carbocycles. The molecule has 1 aliphatic carbocycles. The molecule has 1 N–H and O–H groups in total. The highest BCUT2D eigenvalue weighted by molar-refractivity contribution is 7.18. The lowest BCUT2D eigenvalue weighted by molar-refractivity contribution is -0.122. The summed E-state index contributed by atoms with van der Waals surface area (Å²) >= 11 is 1.63. The quantitative estimate of drug-likeness (QED) is 0.733. The van der Waals surface area contributed by atoms with Crippen molar-refractivity contribution in [1.82, 2.24) is 14.9 Å². The molecule has 0 bridgehead atoms. The first-order chi connectivity index (χ1) is 12.1. The first-order valence-electron chi connectivity index (χ1n) is 9.39. The van der Waals surface area contributed by atoms with Crippen LogP contribution in [0.1, 0.15) is 62.8 Å². The van der Waals surface area contributed by atoms with Crippen molar-refractivity contribution in [3.8, 4) is 0 Å². The lowest BCUT2D eigenvalue weighted by atomic mass is 10.1. The highest BCUT2D eigenvalue weighted by Crippen LogP contribution is 2.34. The summed E-state index contributed by atoms with van der Waals surface area (Å²) in [6.45, 7) is 4.27.